The van der Waals surface area contributed by atoms with Gasteiger partial charge in [-0.1, -0.05) is 18.1 Å². The van der Waals surface area contributed by atoms with E-state index in [1.165, 1.54) is 6.92 Å². The van der Waals surface area contributed by atoms with Crippen molar-refractivity contribution in [1.29, 1.82) is 0 Å². The summed E-state index contributed by atoms with van der Waals surface area (Å²) in [6, 6.07) is 2.85. The number of carbonyl (C=O) groups excluding carboxylic acids is 1. The summed E-state index contributed by atoms with van der Waals surface area (Å²) in [5.41, 5.74) is 6.37. The van der Waals surface area contributed by atoms with E-state index in [0.29, 0.717) is 55.4 Å². The van der Waals surface area contributed by atoms with E-state index in [9.17, 15) is 18.0 Å². The van der Waals surface area contributed by atoms with Crippen molar-refractivity contribution in [3.8, 4) is 17.9 Å². The summed E-state index contributed by atoms with van der Waals surface area (Å²) in [5, 5.41) is 4.62. The molecule has 1 saturated carbocycles. The fourth-order valence-corrected chi connectivity index (χ4v) is 8.25. The van der Waals surface area contributed by atoms with E-state index < -0.39 is 40.5 Å². The predicted octanol–water partition coefficient (Wildman–Crippen LogP) is 5.77. The number of aromatic nitrogens is 4. The molecule has 2 atom stereocenters. The van der Waals surface area contributed by atoms with Gasteiger partial charge in [0.05, 0.1) is 47.4 Å². The number of ether oxygens (including phenoxy) is 2. The summed E-state index contributed by atoms with van der Waals surface area (Å²) in [6.45, 7) is 9.10. The van der Waals surface area contributed by atoms with Crippen LogP contribution in [0.15, 0.2) is 24.3 Å². The van der Waals surface area contributed by atoms with Crippen LogP contribution in [0.25, 0.3) is 0 Å². The smallest absolute Gasteiger partial charge is 0.418 e. The molecule has 10 nitrogen and oxygen atoms in total. The SMILES string of the molecule is C=C1CN2CCC[C@@]2(COc2nc3c(c(N4CCCn5nc(C(=O)C6CC6)cc5C4)n2)CO[C@H](c2c(F)c(N)cc(C#CC)c2C(F)(F)F)C3)C1. The molecule has 268 valence electrons. The molecule has 0 amide bonds. The van der Waals surface area contributed by atoms with Gasteiger partial charge in [0, 0.05) is 48.7 Å². The molecule has 14 heteroatoms. The van der Waals surface area contributed by atoms with Crippen LogP contribution in [0.3, 0.4) is 0 Å². The summed E-state index contributed by atoms with van der Waals surface area (Å²) >= 11 is 0. The number of carbonyl (C=O) groups is 1. The van der Waals surface area contributed by atoms with Crippen molar-refractivity contribution in [2.45, 2.75) is 89.4 Å². The maximum absolute atomic E-state index is 15.7. The zero-order valence-corrected chi connectivity index (χ0v) is 28.4. The fraction of sp³-hybridized carbons (Fsp3) is 0.514. The van der Waals surface area contributed by atoms with Crippen LogP contribution >= 0.6 is 0 Å². The van der Waals surface area contributed by atoms with Gasteiger partial charge in [0.25, 0.3) is 0 Å². The lowest BCUT2D eigenvalue weighted by molar-refractivity contribution is -0.140. The van der Waals surface area contributed by atoms with Gasteiger partial charge in [-0.15, -0.1) is 5.92 Å². The van der Waals surface area contributed by atoms with E-state index >= 15 is 4.39 Å². The number of alkyl halides is 3. The van der Waals surface area contributed by atoms with Gasteiger partial charge in [0.2, 0.25) is 0 Å². The third-order valence-corrected chi connectivity index (χ3v) is 10.8. The number of ketones is 1. The Labute approximate surface area is 293 Å². The highest BCUT2D eigenvalue weighted by Crippen LogP contribution is 2.45. The topological polar surface area (TPSA) is 112 Å². The molecule has 3 aromatic rings. The molecule has 2 saturated heterocycles. The van der Waals surface area contributed by atoms with Crippen LogP contribution in [0, 0.1) is 23.6 Å². The zero-order chi connectivity index (χ0) is 35.7. The average Bonchev–Trinajstić information content (AvgIpc) is 3.71. The van der Waals surface area contributed by atoms with Crippen LogP contribution in [0.1, 0.15) is 95.7 Å². The van der Waals surface area contributed by atoms with E-state index in [1.54, 1.807) is 0 Å². The number of aryl methyl sites for hydroxylation is 1. The molecule has 2 aromatic heterocycles. The highest BCUT2D eigenvalue weighted by Gasteiger charge is 2.47. The molecule has 3 fully saturated rings. The minimum Gasteiger partial charge on any atom is -0.461 e. The number of nitrogens with zero attached hydrogens (tertiary/aromatic N) is 6. The fourth-order valence-electron chi connectivity index (χ4n) is 8.25. The second-order valence-electron chi connectivity index (χ2n) is 14.4. The van der Waals surface area contributed by atoms with Crippen LogP contribution in [-0.4, -0.2) is 62.2 Å². The minimum atomic E-state index is -4.93. The van der Waals surface area contributed by atoms with Gasteiger partial charge >= 0.3 is 12.2 Å². The summed E-state index contributed by atoms with van der Waals surface area (Å²) in [4.78, 5) is 26.9. The Morgan fingerprint density at radius 3 is 2.76 bits per heavy atom. The monoisotopic (exact) mass is 705 g/mol. The van der Waals surface area contributed by atoms with E-state index in [4.69, 9.17) is 25.2 Å². The molecule has 0 unspecified atom stereocenters. The van der Waals surface area contributed by atoms with Gasteiger partial charge in [0.1, 0.15) is 18.1 Å². The Kier molecular flexibility index (Phi) is 8.33. The maximum Gasteiger partial charge on any atom is 0.418 e. The van der Waals surface area contributed by atoms with Crippen molar-refractivity contribution in [3.05, 3.63) is 69.4 Å². The summed E-state index contributed by atoms with van der Waals surface area (Å²) < 4.78 is 73.8. The first-order valence-electron chi connectivity index (χ1n) is 17.5. The normalized spacial score (nSPS) is 23.3. The Morgan fingerprint density at radius 2 is 2.00 bits per heavy atom. The predicted molar refractivity (Wildman–Crippen MR) is 179 cm³/mol. The van der Waals surface area contributed by atoms with Gasteiger partial charge < -0.3 is 20.1 Å². The highest BCUT2D eigenvalue weighted by molar-refractivity contribution is 5.97. The van der Waals surface area contributed by atoms with Crippen molar-refractivity contribution in [1.82, 2.24) is 24.6 Å². The number of anilines is 2. The average molecular weight is 706 g/mol. The third kappa shape index (κ3) is 6.14. The first-order chi connectivity index (χ1) is 24.4. The first-order valence-corrected chi connectivity index (χ1v) is 17.5. The number of Topliss-reactive ketones (excluding diaryl/α,β-unsaturated/α-hetero) is 1. The van der Waals surface area contributed by atoms with E-state index in [-0.39, 0.29) is 36.3 Å². The van der Waals surface area contributed by atoms with Crippen molar-refractivity contribution >= 4 is 17.3 Å². The molecule has 0 spiro atoms. The van der Waals surface area contributed by atoms with Gasteiger partial charge in [-0.05, 0) is 64.1 Å². The number of hydrogen-bond donors (Lipinski definition) is 1. The number of nitrogen functional groups attached to an aromatic ring is 1. The highest BCUT2D eigenvalue weighted by atomic mass is 19.4. The van der Waals surface area contributed by atoms with Gasteiger partial charge in [-0.25, -0.2) is 4.39 Å². The number of benzene rings is 1. The van der Waals surface area contributed by atoms with Crippen molar-refractivity contribution < 1.29 is 31.8 Å². The summed E-state index contributed by atoms with van der Waals surface area (Å²) in [6.07, 6.45) is -1.21. The van der Waals surface area contributed by atoms with Gasteiger partial charge in [0.15, 0.2) is 11.6 Å². The third-order valence-electron chi connectivity index (χ3n) is 10.8. The second-order valence-corrected chi connectivity index (χ2v) is 14.4. The first kappa shape index (κ1) is 33.7. The number of hydrogen-bond acceptors (Lipinski definition) is 9. The number of halogens is 4. The van der Waals surface area contributed by atoms with Gasteiger partial charge in [-0.3, -0.25) is 14.4 Å². The largest absolute Gasteiger partial charge is 0.461 e. The van der Waals surface area contributed by atoms with E-state index in [2.05, 4.69) is 33.3 Å². The molecule has 6 heterocycles. The van der Waals surface area contributed by atoms with E-state index in [1.807, 2.05) is 10.7 Å². The number of nitrogens with two attached hydrogens (primary N) is 1. The summed E-state index contributed by atoms with van der Waals surface area (Å²) in [7, 11) is 0. The Hall–Kier alpha value is -4.48. The van der Waals surface area contributed by atoms with Crippen LogP contribution in [0.5, 0.6) is 6.01 Å². The Morgan fingerprint density at radius 1 is 1.18 bits per heavy atom. The van der Waals surface area contributed by atoms with Crippen LogP contribution in [-0.2, 0) is 37.0 Å². The molecule has 5 aliphatic rings. The number of rotatable bonds is 7. The van der Waals surface area contributed by atoms with Gasteiger partial charge in [-0.2, -0.15) is 28.2 Å². The lowest BCUT2D eigenvalue weighted by Crippen LogP contribution is -2.43. The molecule has 0 radical (unpaired) electrons. The van der Waals surface area contributed by atoms with Crippen molar-refractivity contribution in [3.63, 3.8) is 0 Å². The Bertz CT molecular complexity index is 2000. The molecule has 4 aliphatic heterocycles. The lowest BCUT2D eigenvalue weighted by atomic mass is 9.91. The molecule has 2 N–H and O–H groups in total. The van der Waals surface area contributed by atoms with E-state index in [0.717, 1.165) is 62.5 Å². The van der Waals surface area contributed by atoms with Crippen LogP contribution < -0.4 is 15.4 Å². The zero-order valence-electron chi connectivity index (χ0n) is 28.4. The summed E-state index contributed by atoms with van der Waals surface area (Å²) in [5.74, 6) is 4.36. The quantitative estimate of drug-likeness (QED) is 0.108. The lowest BCUT2D eigenvalue weighted by Gasteiger charge is -2.33. The minimum absolute atomic E-state index is 0.0407. The molecular weight excluding hydrogens is 666 g/mol. The van der Waals surface area contributed by atoms with Crippen LogP contribution in [0.2, 0.25) is 0 Å². The maximum atomic E-state index is 15.7. The standard InChI is InChI=1S/C37H39F4N7O3/c1-3-6-23-13-26(42)32(38)30(31(23)37(39,40)41)29-15-27-25(19-50-29)34(44-35(43-27)51-20-36-9-4-11-47(36)17-21(2)16-36)46-10-5-12-48-24(18-46)14-28(45-48)33(49)22-7-8-22/h13-14,22,29H,2,4-5,7-12,15-20,42H2,1H3/t29-,36-/m0/s1. The molecule has 8 rings (SSSR count). The molecule has 0 bridgehead atoms. The molecule has 1 aromatic carbocycles. The van der Waals surface area contributed by atoms with Crippen LogP contribution in [0.4, 0.5) is 29.1 Å². The Balaban J connectivity index is 1.18. The molecule has 1 aliphatic carbocycles. The molecule has 51 heavy (non-hydrogen) atoms. The van der Waals surface area contributed by atoms with Crippen molar-refractivity contribution in [2.24, 2.45) is 5.92 Å². The number of fused-ring (bicyclic) bond motifs is 3. The molecular formula is C37H39F4N7O3. The second kappa shape index (κ2) is 12.6. The van der Waals surface area contributed by atoms with Crippen molar-refractivity contribution in [2.75, 3.05) is 36.9 Å².